The van der Waals surface area contributed by atoms with Crippen LogP contribution in [0.2, 0.25) is 5.02 Å². The maximum absolute atomic E-state index is 6.31. The number of methoxy groups -OCH3 is 1. The third-order valence-electron chi connectivity index (χ3n) is 9.17. The van der Waals surface area contributed by atoms with E-state index in [1.807, 2.05) is 24.3 Å². The summed E-state index contributed by atoms with van der Waals surface area (Å²) in [7, 11) is 1.72. The SMILES string of the molecule is C#CC#CC#CC#CC#CC#CC#CC#CC#CC#CC#CC#CC#CC#CC#CC#CC#CC#CC#CC.COc1cc2c(cc1OCc1ccccc1)CCN1Cc3[nH]c4ccc(Cl)cc4c3CC21. The molecule has 0 fully saturated rings. The van der Waals surface area contributed by atoms with Crippen molar-refractivity contribution in [3.63, 3.8) is 0 Å². The number of hydrogen-bond donors (Lipinski definition) is 1. The van der Waals surface area contributed by atoms with Crippen LogP contribution >= 0.6 is 11.6 Å². The second-order valence-electron chi connectivity index (χ2n) is 13.5. The van der Waals surface area contributed by atoms with Crippen molar-refractivity contribution in [2.45, 2.75) is 39.0 Å². The van der Waals surface area contributed by atoms with Crippen molar-refractivity contribution in [3.8, 4) is 237 Å². The van der Waals surface area contributed by atoms with Crippen molar-refractivity contribution in [2.24, 2.45) is 0 Å². The fourth-order valence-electron chi connectivity index (χ4n) is 6.37. The van der Waals surface area contributed by atoms with Gasteiger partial charge in [0.05, 0.1) is 7.11 Å². The average molecular weight is 917 g/mol. The van der Waals surface area contributed by atoms with Crippen LogP contribution in [0.4, 0.5) is 0 Å². The molecule has 3 heterocycles. The molecule has 1 unspecified atom stereocenters. The van der Waals surface area contributed by atoms with E-state index in [1.165, 1.54) is 33.3 Å². The normalized spacial score (nSPS) is 10.0. The van der Waals surface area contributed by atoms with Gasteiger partial charge in [-0.25, -0.2) is 0 Å². The highest BCUT2D eigenvalue weighted by atomic mass is 35.5. The Hall–Kier alpha value is -11.3. The summed E-state index contributed by atoms with van der Waals surface area (Å²) >= 11 is 6.31. The fraction of sp³-hybridized carbons (Fsp3) is 0.121. The summed E-state index contributed by atoms with van der Waals surface area (Å²) in [6, 6.07) is 21.1. The van der Waals surface area contributed by atoms with Crippen LogP contribution < -0.4 is 9.47 Å². The van der Waals surface area contributed by atoms with Crippen LogP contribution in [-0.4, -0.2) is 23.5 Å². The molecule has 2 aliphatic rings. The van der Waals surface area contributed by atoms with Gasteiger partial charge < -0.3 is 14.5 Å². The summed E-state index contributed by atoms with van der Waals surface area (Å²) in [6.07, 6.45) is 6.91. The highest BCUT2D eigenvalue weighted by Crippen LogP contribution is 2.44. The zero-order valence-corrected chi connectivity index (χ0v) is 38.9. The molecule has 2 aliphatic heterocycles. The van der Waals surface area contributed by atoms with Crippen LogP contribution in [0.15, 0.2) is 60.7 Å². The van der Waals surface area contributed by atoms with E-state index in [4.69, 9.17) is 27.5 Å². The molecule has 0 bridgehead atoms. The summed E-state index contributed by atoms with van der Waals surface area (Å²) in [5, 5.41) is 2.03. The van der Waals surface area contributed by atoms with Crippen LogP contribution in [-0.2, 0) is 26.0 Å². The second-order valence-corrected chi connectivity index (χ2v) is 13.9. The standard InChI is InChI=1S/C39H4.C27H25ClN2O2/c1-3-5-7-9-11-13-15-17-19-21-23-25-27-29-31-33-35-37-39-38-36-34-32-30-28-26-24-22-20-18-16-14-12-10-8-6-4-2;1-31-26-14-20-18(11-27(26)32-16-17-5-3-2-4-6-17)9-10-30-15-24-22(13-25(20)30)21-12-19(28)7-8-23(21)29-24/h1H,2H3;2-8,11-12,14,25,29H,9-10,13,15-16H2,1H3. The Bertz CT molecular complexity index is 4040. The van der Waals surface area contributed by atoms with Crippen LogP contribution in [0.3, 0.4) is 0 Å². The van der Waals surface area contributed by atoms with E-state index < -0.39 is 0 Å². The Morgan fingerprint density at radius 1 is 0.577 bits per heavy atom. The number of nitrogens with one attached hydrogen (secondary N) is 1. The first-order valence-electron chi connectivity index (χ1n) is 20.9. The van der Waals surface area contributed by atoms with Crippen LogP contribution in [0.25, 0.3) is 10.9 Å². The van der Waals surface area contributed by atoms with Gasteiger partial charge in [-0.2, -0.15) is 0 Å². The van der Waals surface area contributed by atoms with E-state index in [-0.39, 0.29) is 0 Å². The van der Waals surface area contributed by atoms with Gasteiger partial charge in [0.2, 0.25) is 0 Å². The number of hydrogen-bond acceptors (Lipinski definition) is 3. The number of H-pyrrole nitrogens is 1. The number of rotatable bonds is 4. The summed E-state index contributed by atoms with van der Waals surface area (Å²) in [4.78, 5) is 6.19. The Morgan fingerprint density at radius 2 is 1.04 bits per heavy atom. The molecule has 0 aliphatic carbocycles. The average Bonchev–Trinajstić information content (AvgIpc) is 3.75. The predicted octanol–water partition coefficient (Wildman–Crippen LogP) is 6.77. The minimum atomic E-state index is 0.335. The number of fused-ring (bicyclic) bond motifs is 6. The van der Waals surface area contributed by atoms with Gasteiger partial charge in [0, 0.05) is 159 Å². The maximum atomic E-state index is 6.31. The van der Waals surface area contributed by atoms with E-state index in [0.29, 0.717) is 12.6 Å². The Morgan fingerprint density at radius 3 is 1.49 bits per heavy atom. The van der Waals surface area contributed by atoms with E-state index in [1.54, 1.807) is 14.0 Å². The Labute approximate surface area is 422 Å². The van der Waals surface area contributed by atoms with Crippen molar-refractivity contribution in [1.82, 2.24) is 9.88 Å². The van der Waals surface area contributed by atoms with E-state index in [9.17, 15) is 0 Å². The Kier molecular flexibility index (Phi) is 22.0. The Balaban J connectivity index is 0.000000267. The number of halogens is 1. The lowest BCUT2D eigenvalue weighted by atomic mass is 9.85. The maximum Gasteiger partial charge on any atom is 0.161 e. The topological polar surface area (TPSA) is 37.5 Å². The lowest BCUT2D eigenvalue weighted by Crippen LogP contribution is -2.39. The van der Waals surface area contributed by atoms with E-state index in [2.05, 4.69) is 265 Å². The number of terminal acetylenes is 1. The lowest BCUT2D eigenvalue weighted by molar-refractivity contribution is 0.158. The second kappa shape index (κ2) is 30.8. The minimum absolute atomic E-state index is 0.335. The molecule has 0 saturated heterocycles. The zero-order valence-electron chi connectivity index (χ0n) is 38.1. The molecule has 3 aromatic carbocycles. The van der Waals surface area contributed by atoms with Crippen LogP contribution in [0, 0.1) is 225 Å². The number of aromatic nitrogens is 1. The van der Waals surface area contributed by atoms with E-state index >= 15 is 0 Å². The van der Waals surface area contributed by atoms with Gasteiger partial charge in [0.25, 0.3) is 0 Å². The smallest absolute Gasteiger partial charge is 0.161 e. The fourth-order valence-corrected chi connectivity index (χ4v) is 6.54. The predicted molar refractivity (Wildman–Crippen MR) is 282 cm³/mol. The molecule has 0 amide bonds. The molecule has 4 aromatic rings. The number of nitrogens with zero attached hydrogens (tertiary/aromatic N) is 1. The summed E-state index contributed by atoms with van der Waals surface area (Å²) < 4.78 is 11.9. The highest BCUT2D eigenvalue weighted by Gasteiger charge is 2.34. The van der Waals surface area contributed by atoms with Crippen molar-refractivity contribution >= 4 is 22.5 Å². The quantitative estimate of drug-likeness (QED) is 0.230. The molecule has 5 heteroatoms. The number of benzene rings is 3. The van der Waals surface area contributed by atoms with Gasteiger partial charge in [-0.05, 0) is 167 Å². The first-order valence-corrected chi connectivity index (χ1v) is 21.3. The van der Waals surface area contributed by atoms with Crippen molar-refractivity contribution in [1.29, 1.82) is 0 Å². The van der Waals surface area contributed by atoms with Gasteiger partial charge in [-0.15, -0.1) is 6.42 Å². The van der Waals surface area contributed by atoms with Crippen molar-refractivity contribution < 1.29 is 9.47 Å². The van der Waals surface area contributed by atoms with Gasteiger partial charge in [0.15, 0.2) is 11.5 Å². The van der Waals surface area contributed by atoms with Gasteiger partial charge in [-0.3, -0.25) is 4.90 Å². The first-order chi connectivity index (χ1) is 35.1. The lowest BCUT2D eigenvalue weighted by Gasteiger charge is -2.40. The molecular weight excluding hydrogens is 888 g/mol. The number of aromatic amines is 1. The third kappa shape index (κ3) is 18.2. The monoisotopic (exact) mass is 916 g/mol. The minimum Gasteiger partial charge on any atom is -0.493 e. The molecule has 0 spiro atoms. The molecule has 6 rings (SSSR count). The van der Waals surface area contributed by atoms with Gasteiger partial charge in [-0.1, -0.05) is 47.9 Å². The summed E-state index contributed by atoms with van der Waals surface area (Å²) in [5.74, 6) is 93.5. The number of ether oxygens (including phenoxy) is 2. The zero-order chi connectivity index (χ0) is 49.8. The van der Waals surface area contributed by atoms with Crippen molar-refractivity contribution in [3.05, 3.63) is 93.6 Å². The third-order valence-corrected chi connectivity index (χ3v) is 9.40. The largest absolute Gasteiger partial charge is 0.493 e. The molecule has 71 heavy (non-hydrogen) atoms. The molecule has 1 atom stereocenters. The van der Waals surface area contributed by atoms with E-state index in [0.717, 1.165) is 48.0 Å². The molecule has 0 saturated carbocycles. The molecule has 1 N–H and O–H groups in total. The molecule has 0 radical (unpaired) electrons. The molecule has 4 nitrogen and oxygen atoms in total. The summed E-state index contributed by atoms with van der Waals surface area (Å²) in [6.45, 7) is 4.19. The van der Waals surface area contributed by atoms with Gasteiger partial charge in [0.1, 0.15) is 6.61 Å². The molecule has 322 valence electrons. The van der Waals surface area contributed by atoms with Crippen LogP contribution in [0.1, 0.15) is 40.9 Å². The molecule has 1 aromatic heterocycles. The first kappa shape index (κ1) is 50.7. The molecular formula is C66H29ClN2O2. The summed E-state index contributed by atoms with van der Waals surface area (Å²) in [5.41, 5.74) is 7.73. The highest BCUT2D eigenvalue weighted by molar-refractivity contribution is 6.31. The van der Waals surface area contributed by atoms with Crippen LogP contribution in [0.5, 0.6) is 11.5 Å². The van der Waals surface area contributed by atoms with Crippen molar-refractivity contribution in [2.75, 3.05) is 13.7 Å². The van der Waals surface area contributed by atoms with Gasteiger partial charge >= 0.3 is 0 Å².